The highest BCUT2D eigenvalue weighted by Gasteiger charge is 2.02. The fourth-order valence-corrected chi connectivity index (χ4v) is 1.31. The molecular weight excluding hydrogens is 224 g/mol. The van der Waals surface area contributed by atoms with Crippen molar-refractivity contribution in [2.45, 2.75) is 13.0 Å². The van der Waals surface area contributed by atoms with Gasteiger partial charge in [-0.2, -0.15) is 0 Å². The number of halogens is 2. The third-order valence-corrected chi connectivity index (χ3v) is 2.21. The monoisotopic (exact) mass is 241 g/mol. The highest BCUT2D eigenvalue weighted by atomic mass is 19.1. The summed E-state index contributed by atoms with van der Waals surface area (Å²) in [6.45, 7) is 5.67. The van der Waals surface area contributed by atoms with E-state index in [1.54, 1.807) is 6.08 Å². The van der Waals surface area contributed by atoms with Crippen LogP contribution in [-0.4, -0.2) is 19.8 Å². The second-order valence-corrected chi connectivity index (χ2v) is 3.60. The third-order valence-electron chi connectivity index (χ3n) is 2.21. The van der Waals surface area contributed by atoms with Gasteiger partial charge in [0, 0.05) is 18.7 Å². The molecule has 17 heavy (non-hydrogen) atoms. The molecule has 0 spiro atoms. The summed E-state index contributed by atoms with van der Waals surface area (Å²) in [5.74, 6) is -0.822. The van der Waals surface area contributed by atoms with Gasteiger partial charge in [0.1, 0.15) is 11.6 Å². The van der Waals surface area contributed by atoms with Gasteiger partial charge in [0.2, 0.25) is 0 Å². The molecule has 0 saturated carbocycles. The molecule has 0 unspecified atom stereocenters. The van der Waals surface area contributed by atoms with E-state index in [9.17, 15) is 8.78 Å². The molecule has 0 aliphatic rings. The smallest absolute Gasteiger partial charge is 0.127 e. The summed E-state index contributed by atoms with van der Waals surface area (Å²) < 4.78 is 31.3. The van der Waals surface area contributed by atoms with Crippen LogP contribution in [0.2, 0.25) is 0 Å². The van der Waals surface area contributed by atoms with Crippen LogP contribution in [0.15, 0.2) is 30.9 Å². The first-order valence-corrected chi connectivity index (χ1v) is 5.57. The number of ether oxygens (including phenoxy) is 1. The van der Waals surface area contributed by atoms with Crippen LogP contribution >= 0.6 is 0 Å². The SMILES string of the molecule is C=CCCOCCNCc1cc(F)ccc1F. The van der Waals surface area contributed by atoms with Crippen molar-refractivity contribution >= 4 is 0 Å². The number of rotatable bonds is 8. The van der Waals surface area contributed by atoms with E-state index in [0.29, 0.717) is 31.9 Å². The van der Waals surface area contributed by atoms with Gasteiger partial charge in [0.25, 0.3) is 0 Å². The average Bonchev–Trinajstić information content (AvgIpc) is 2.32. The summed E-state index contributed by atoms with van der Waals surface area (Å²) in [6, 6.07) is 3.44. The molecule has 0 aliphatic carbocycles. The maximum atomic E-state index is 13.2. The summed E-state index contributed by atoms with van der Waals surface area (Å²) in [5, 5.41) is 2.99. The maximum Gasteiger partial charge on any atom is 0.127 e. The standard InChI is InChI=1S/C13H17F2NO/c1-2-3-7-17-8-6-16-10-11-9-12(14)4-5-13(11)15/h2,4-5,9,16H,1,3,6-8,10H2. The van der Waals surface area contributed by atoms with Crippen molar-refractivity contribution in [3.05, 3.63) is 48.1 Å². The molecule has 1 rings (SSSR count). The predicted molar refractivity (Wildman–Crippen MR) is 63.7 cm³/mol. The first-order chi connectivity index (χ1) is 8.24. The maximum absolute atomic E-state index is 13.2. The van der Waals surface area contributed by atoms with Crippen LogP contribution in [-0.2, 0) is 11.3 Å². The third kappa shape index (κ3) is 5.56. The van der Waals surface area contributed by atoms with E-state index in [0.717, 1.165) is 18.6 Å². The second-order valence-electron chi connectivity index (χ2n) is 3.60. The van der Waals surface area contributed by atoms with Crippen LogP contribution in [0.4, 0.5) is 8.78 Å². The van der Waals surface area contributed by atoms with Crippen LogP contribution in [0.25, 0.3) is 0 Å². The molecule has 0 amide bonds. The minimum absolute atomic E-state index is 0.300. The van der Waals surface area contributed by atoms with E-state index < -0.39 is 11.6 Å². The fourth-order valence-electron chi connectivity index (χ4n) is 1.31. The zero-order valence-corrected chi connectivity index (χ0v) is 9.72. The first-order valence-electron chi connectivity index (χ1n) is 5.57. The fraction of sp³-hybridized carbons (Fsp3) is 0.385. The summed E-state index contributed by atoms with van der Waals surface area (Å²) in [7, 11) is 0. The number of hydrogen-bond donors (Lipinski definition) is 1. The largest absolute Gasteiger partial charge is 0.380 e. The molecule has 1 aromatic rings. The minimum atomic E-state index is -0.426. The summed E-state index contributed by atoms with van der Waals surface area (Å²) in [6.07, 6.45) is 2.61. The van der Waals surface area contributed by atoms with Crippen molar-refractivity contribution in [3.8, 4) is 0 Å². The summed E-state index contributed by atoms with van der Waals surface area (Å²) >= 11 is 0. The average molecular weight is 241 g/mol. The van der Waals surface area contributed by atoms with Gasteiger partial charge >= 0.3 is 0 Å². The molecule has 2 nitrogen and oxygen atoms in total. The van der Waals surface area contributed by atoms with E-state index in [1.807, 2.05) is 0 Å². The zero-order valence-electron chi connectivity index (χ0n) is 9.72. The Bertz CT molecular complexity index is 355. The van der Waals surface area contributed by atoms with Gasteiger partial charge in [-0.15, -0.1) is 6.58 Å². The molecule has 0 heterocycles. The van der Waals surface area contributed by atoms with Gasteiger partial charge in [0.15, 0.2) is 0 Å². The zero-order chi connectivity index (χ0) is 12.5. The lowest BCUT2D eigenvalue weighted by atomic mass is 10.2. The highest BCUT2D eigenvalue weighted by molar-refractivity contribution is 5.18. The molecule has 1 aromatic carbocycles. The molecule has 0 aromatic heterocycles. The van der Waals surface area contributed by atoms with Gasteiger partial charge in [-0.1, -0.05) is 6.08 Å². The minimum Gasteiger partial charge on any atom is -0.380 e. The number of nitrogens with one attached hydrogen (secondary N) is 1. The van der Waals surface area contributed by atoms with Gasteiger partial charge < -0.3 is 10.1 Å². The summed E-state index contributed by atoms with van der Waals surface area (Å²) in [4.78, 5) is 0. The van der Waals surface area contributed by atoms with Crippen molar-refractivity contribution < 1.29 is 13.5 Å². The van der Waals surface area contributed by atoms with E-state index in [4.69, 9.17) is 4.74 Å². The highest BCUT2D eigenvalue weighted by Crippen LogP contribution is 2.08. The Morgan fingerprint density at radius 3 is 2.88 bits per heavy atom. The molecule has 4 heteroatoms. The second kappa shape index (κ2) is 7.92. The van der Waals surface area contributed by atoms with Gasteiger partial charge in [-0.25, -0.2) is 8.78 Å². The van der Waals surface area contributed by atoms with Crippen molar-refractivity contribution in [1.82, 2.24) is 5.32 Å². The van der Waals surface area contributed by atoms with E-state index >= 15 is 0 Å². The lowest BCUT2D eigenvalue weighted by Crippen LogP contribution is -2.20. The molecule has 1 N–H and O–H groups in total. The topological polar surface area (TPSA) is 21.3 Å². The van der Waals surface area contributed by atoms with Crippen LogP contribution in [0.3, 0.4) is 0 Å². The Labute approximate surface area is 100 Å². The molecular formula is C13H17F2NO. The van der Waals surface area contributed by atoms with Gasteiger partial charge in [-0.05, 0) is 24.6 Å². The van der Waals surface area contributed by atoms with Crippen LogP contribution in [0.1, 0.15) is 12.0 Å². The van der Waals surface area contributed by atoms with Gasteiger partial charge in [0.05, 0.1) is 13.2 Å². The Hall–Kier alpha value is -1.26. The summed E-state index contributed by atoms with van der Waals surface area (Å²) in [5.41, 5.74) is 0.330. The Balaban J connectivity index is 2.17. The number of benzene rings is 1. The Morgan fingerprint density at radius 1 is 1.29 bits per heavy atom. The van der Waals surface area contributed by atoms with E-state index in [1.165, 1.54) is 6.07 Å². The van der Waals surface area contributed by atoms with E-state index in [-0.39, 0.29) is 0 Å². The molecule has 0 aliphatic heterocycles. The van der Waals surface area contributed by atoms with Crippen LogP contribution < -0.4 is 5.32 Å². The normalized spacial score (nSPS) is 10.5. The number of hydrogen-bond acceptors (Lipinski definition) is 2. The molecule has 94 valence electrons. The van der Waals surface area contributed by atoms with Gasteiger partial charge in [-0.3, -0.25) is 0 Å². The van der Waals surface area contributed by atoms with Crippen molar-refractivity contribution in [2.75, 3.05) is 19.8 Å². The quantitative estimate of drug-likeness (QED) is 0.558. The van der Waals surface area contributed by atoms with Crippen LogP contribution in [0, 0.1) is 11.6 Å². The van der Waals surface area contributed by atoms with Crippen molar-refractivity contribution in [2.24, 2.45) is 0 Å². The lowest BCUT2D eigenvalue weighted by Gasteiger charge is -2.06. The first kappa shape index (κ1) is 13.8. The molecule has 0 radical (unpaired) electrons. The molecule has 0 fully saturated rings. The molecule has 0 saturated heterocycles. The van der Waals surface area contributed by atoms with Crippen molar-refractivity contribution in [1.29, 1.82) is 0 Å². The van der Waals surface area contributed by atoms with Crippen molar-refractivity contribution in [3.63, 3.8) is 0 Å². The van der Waals surface area contributed by atoms with Crippen LogP contribution in [0.5, 0.6) is 0 Å². The lowest BCUT2D eigenvalue weighted by molar-refractivity contribution is 0.140. The Kier molecular flexibility index (Phi) is 6.43. The predicted octanol–water partition coefficient (Wildman–Crippen LogP) is 2.65. The molecule has 0 bridgehead atoms. The Morgan fingerprint density at radius 2 is 2.12 bits per heavy atom. The van der Waals surface area contributed by atoms with E-state index in [2.05, 4.69) is 11.9 Å². The molecule has 0 atom stereocenters.